The van der Waals surface area contributed by atoms with Crippen LogP contribution in [-0.4, -0.2) is 33.5 Å². The van der Waals surface area contributed by atoms with Crippen LogP contribution in [0, 0.1) is 11.6 Å². The Bertz CT molecular complexity index is 1180. The highest BCUT2D eigenvalue weighted by molar-refractivity contribution is 7.89. The average Bonchev–Trinajstić information content (AvgIpc) is 3.28. The number of halogens is 2. The summed E-state index contributed by atoms with van der Waals surface area (Å²) >= 11 is 1.42. The van der Waals surface area contributed by atoms with E-state index < -0.39 is 27.7 Å². The van der Waals surface area contributed by atoms with Crippen LogP contribution < -0.4 is 9.47 Å². The minimum Gasteiger partial charge on any atom is -0.493 e. The lowest BCUT2D eigenvalue weighted by Gasteiger charge is -2.36. The molecule has 9 heteroatoms. The maximum absolute atomic E-state index is 13.8. The largest absolute Gasteiger partial charge is 0.493 e. The van der Waals surface area contributed by atoms with Crippen LogP contribution in [0.3, 0.4) is 0 Å². The lowest BCUT2D eigenvalue weighted by atomic mass is 9.92. The zero-order chi connectivity index (χ0) is 21.5. The summed E-state index contributed by atoms with van der Waals surface area (Å²) in [7, 11) is -1.03. The summed E-state index contributed by atoms with van der Waals surface area (Å²) in [5.41, 5.74) is 1.72. The number of benzene rings is 2. The summed E-state index contributed by atoms with van der Waals surface area (Å²) in [6.45, 7) is 0.187. The number of rotatable bonds is 5. The van der Waals surface area contributed by atoms with E-state index in [1.54, 1.807) is 13.2 Å². The Morgan fingerprint density at radius 2 is 1.77 bits per heavy atom. The Kier molecular flexibility index (Phi) is 5.52. The molecular formula is C21H19F2NO4S2. The third-order valence-corrected chi connectivity index (χ3v) is 7.93. The van der Waals surface area contributed by atoms with Crippen molar-refractivity contribution in [3.05, 3.63) is 75.5 Å². The summed E-state index contributed by atoms with van der Waals surface area (Å²) in [4.78, 5) is 0.529. The Morgan fingerprint density at radius 3 is 2.40 bits per heavy atom. The Labute approximate surface area is 177 Å². The van der Waals surface area contributed by atoms with E-state index >= 15 is 0 Å². The highest BCUT2D eigenvalue weighted by atomic mass is 32.2. The number of ether oxygens (including phenoxy) is 2. The average molecular weight is 452 g/mol. The second-order valence-electron chi connectivity index (χ2n) is 6.77. The Morgan fingerprint density at radius 1 is 1.03 bits per heavy atom. The van der Waals surface area contributed by atoms with Gasteiger partial charge >= 0.3 is 0 Å². The maximum atomic E-state index is 13.8. The molecule has 0 radical (unpaired) electrons. The smallest absolute Gasteiger partial charge is 0.244 e. The van der Waals surface area contributed by atoms with Crippen molar-refractivity contribution in [1.29, 1.82) is 0 Å². The summed E-state index contributed by atoms with van der Waals surface area (Å²) in [6.07, 6.45) is 0.445. The number of fused-ring (bicyclic) bond motifs is 1. The van der Waals surface area contributed by atoms with Crippen LogP contribution in [0.4, 0.5) is 8.78 Å². The van der Waals surface area contributed by atoms with Gasteiger partial charge in [-0.2, -0.15) is 4.31 Å². The van der Waals surface area contributed by atoms with Crippen LogP contribution in [0.15, 0.2) is 52.7 Å². The zero-order valence-electron chi connectivity index (χ0n) is 16.3. The van der Waals surface area contributed by atoms with Crippen LogP contribution >= 0.6 is 11.3 Å². The van der Waals surface area contributed by atoms with Crippen LogP contribution in [0.1, 0.15) is 22.0 Å². The highest BCUT2D eigenvalue weighted by Crippen LogP contribution is 2.44. The highest BCUT2D eigenvalue weighted by Gasteiger charge is 2.39. The molecule has 0 aliphatic carbocycles. The predicted molar refractivity (Wildman–Crippen MR) is 110 cm³/mol. The van der Waals surface area contributed by atoms with E-state index in [9.17, 15) is 17.2 Å². The fourth-order valence-corrected chi connectivity index (χ4v) is 6.22. The van der Waals surface area contributed by atoms with Crippen LogP contribution in [0.25, 0.3) is 0 Å². The fraction of sp³-hybridized carbons (Fsp3) is 0.238. The number of thiophene rings is 1. The van der Waals surface area contributed by atoms with Crippen molar-refractivity contribution in [2.75, 3.05) is 20.8 Å². The lowest BCUT2D eigenvalue weighted by Crippen LogP contribution is -2.40. The molecule has 0 fully saturated rings. The molecule has 0 spiro atoms. The van der Waals surface area contributed by atoms with Crippen LogP contribution in [0.2, 0.25) is 0 Å². The van der Waals surface area contributed by atoms with E-state index in [2.05, 4.69) is 0 Å². The number of nitrogens with zero attached hydrogens (tertiary/aromatic N) is 1. The first-order valence-corrected chi connectivity index (χ1v) is 11.4. The second kappa shape index (κ2) is 7.98. The molecule has 1 atom stereocenters. The molecule has 1 unspecified atom stereocenters. The molecule has 1 aliphatic rings. The van der Waals surface area contributed by atoms with E-state index in [0.29, 0.717) is 17.9 Å². The number of sulfonamides is 1. The van der Waals surface area contributed by atoms with Gasteiger partial charge in [0.05, 0.1) is 25.2 Å². The summed E-state index contributed by atoms with van der Waals surface area (Å²) < 4.78 is 66.2. The van der Waals surface area contributed by atoms with Gasteiger partial charge in [0.25, 0.3) is 0 Å². The molecule has 0 saturated carbocycles. The van der Waals surface area contributed by atoms with Crippen molar-refractivity contribution in [2.24, 2.45) is 0 Å². The molecule has 0 bridgehead atoms. The quantitative estimate of drug-likeness (QED) is 0.578. The first-order chi connectivity index (χ1) is 14.4. The molecule has 3 aromatic rings. The monoisotopic (exact) mass is 451 g/mol. The van der Waals surface area contributed by atoms with Crippen molar-refractivity contribution < 1.29 is 26.7 Å². The lowest BCUT2D eigenvalue weighted by molar-refractivity contribution is 0.334. The molecule has 4 rings (SSSR count). The van der Waals surface area contributed by atoms with Crippen molar-refractivity contribution in [3.8, 4) is 11.5 Å². The van der Waals surface area contributed by atoms with E-state index in [-0.39, 0.29) is 11.4 Å². The van der Waals surface area contributed by atoms with Gasteiger partial charge in [-0.05, 0) is 59.3 Å². The van der Waals surface area contributed by atoms with Crippen molar-refractivity contribution in [3.63, 3.8) is 0 Å². The van der Waals surface area contributed by atoms with E-state index in [1.807, 2.05) is 23.6 Å². The molecule has 1 aromatic heterocycles. The summed E-state index contributed by atoms with van der Waals surface area (Å²) in [6, 6.07) is 9.36. The second-order valence-corrected chi connectivity index (χ2v) is 9.64. The summed E-state index contributed by atoms with van der Waals surface area (Å²) in [5, 5.41) is 1.87. The van der Waals surface area contributed by atoms with Crippen molar-refractivity contribution in [1.82, 2.24) is 4.31 Å². The SMILES string of the molecule is COc1cc2c(cc1OC)C(c1cccs1)N(S(=O)(=O)c1ccc(F)c(F)c1)CC2. The molecule has 2 aromatic carbocycles. The Hall–Kier alpha value is -2.49. The summed E-state index contributed by atoms with van der Waals surface area (Å²) in [5.74, 6) is -1.24. The molecule has 2 heterocycles. The standard InChI is InChI=1S/C21H19F2NO4S2/c1-27-18-10-13-7-8-24(30(25,26)14-5-6-16(22)17(23)11-14)21(20-4-3-9-29-20)15(13)12-19(18)28-2/h3-6,9-12,21H,7-8H2,1-2H3. The molecule has 1 aliphatic heterocycles. The van der Waals surface area contributed by atoms with Gasteiger partial charge in [-0.15, -0.1) is 11.3 Å². The topological polar surface area (TPSA) is 55.8 Å². The van der Waals surface area contributed by atoms with Gasteiger partial charge in [-0.25, -0.2) is 17.2 Å². The number of hydrogen-bond acceptors (Lipinski definition) is 5. The molecule has 158 valence electrons. The minimum atomic E-state index is -4.09. The third-order valence-electron chi connectivity index (χ3n) is 5.14. The van der Waals surface area contributed by atoms with E-state index in [4.69, 9.17) is 9.47 Å². The molecule has 30 heavy (non-hydrogen) atoms. The predicted octanol–water partition coefficient (Wildman–Crippen LogP) is 4.38. The number of methoxy groups -OCH3 is 2. The first-order valence-electron chi connectivity index (χ1n) is 9.12. The van der Waals surface area contributed by atoms with Gasteiger partial charge in [-0.3, -0.25) is 0 Å². The van der Waals surface area contributed by atoms with Crippen molar-refractivity contribution in [2.45, 2.75) is 17.4 Å². The minimum absolute atomic E-state index is 0.187. The third kappa shape index (κ3) is 3.46. The number of hydrogen-bond donors (Lipinski definition) is 0. The van der Waals surface area contributed by atoms with Gasteiger partial charge in [0.2, 0.25) is 10.0 Å². The molecule has 5 nitrogen and oxygen atoms in total. The van der Waals surface area contributed by atoms with E-state index in [0.717, 1.165) is 34.2 Å². The van der Waals surface area contributed by atoms with E-state index in [1.165, 1.54) is 22.8 Å². The first kappa shape index (κ1) is 20.8. The fourth-order valence-electron chi connectivity index (χ4n) is 3.70. The van der Waals surface area contributed by atoms with Gasteiger partial charge in [0, 0.05) is 11.4 Å². The molecule has 0 N–H and O–H groups in total. The van der Waals surface area contributed by atoms with Crippen molar-refractivity contribution >= 4 is 21.4 Å². The maximum Gasteiger partial charge on any atom is 0.244 e. The normalized spacial score (nSPS) is 16.9. The molecule has 0 saturated heterocycles. The van der Waals surface area contributed by atoms with Gasteiger partial charge in [0.15, 0.2) is 23.1 Å². The Balaban J connectivity index is 1.88. The van der Waals surface area contributed by atoms with Gasteiger partial charge in [-0.1, -0.05) is 6.07 Å². The molecule has 0 amide bonds. The van der Waals surface area contributed by atoms with Crippen LogP contribution in [0.5, 0.6) is 11.5 Å². The van der Waals surface area contributed by atoms with Crippen LogP contribution in [-0.2, 0) is 16.4 Å². The molecular weight excluding hydrogens is 432 g/mol. The zero-order valence-corrected chi connectivity index (χ0v) is 17.9. The van der Waals surface area contributed by atoms with Gasteiger partial charge < -0.3 is 9.47 Å². The van der Waals surface area contributed by atoms with Gasteiger partial charge in [0.1, 0.15) is 0 Å².